The van der Waals surface area contributed by atoms with Crippen LogP contribution in [0.25, 0.3) is 5.69 Å². The van der Waals surface area contributed by atoms with Gasteiger partial charge < -0.3 is 5.32 Å². The van der Waals surface area contributed by atoms with Crippen molar-refractivity contribution >= 4 is 17.4 Å². The SMILES string of the molecule is O=C1CNC(c2cc(Cl)ccc2-n2cnnn2)C1. The molecule has 6 nitrogen and oxygen atoms in total. The molecule has 1 N–H and O–H groups in total. The predicted molar refractivity (Wildman–Crippen MR) is 64.5 cm³/mol. The van der Waals surface area contributed by atoms with Crippen molar-refractivity contribution in [2.75, 3.05) is 6.54 Å². The van der Waals surface area contributed by atoms with Crippen LogP contribution in [0.15, 0.2) is 24.5 Å². The van der Waals surface area contributed by atoms with Crippen molar-refractivity contribution in [3.8, 4) is 5.69 Å². The molecule has 1 aromatic carbocycles. The zero-order valence-electron chi connectivity index (χ0n) is 9.38. The number of aromatic nitrogens is 4. The number of carbonyl (C=O) groups excluding carboxylic acids is 1. The Kier molecular flexibility index (Phi) is 2.81. The van der Waals surface area contributed by atoms with Crippen LogP contribution in [0.3, 0.4) is 0 Å². The lowest BCUT2D eigenvalue weighted by Crippen LogP contribution is -2.16. The van der Waals surface area contributed by atoms with E-state index in [0.29, 0.717) is 18.0 Å². The van der Waals surface area contributed by atoms with Gasteiger partial charge in [0.15, 0.2) is 0 Å². The van der Waals surface area contributed by atoms with Crippen molar-refractivity contribution in [2.24, 2.45) is 0 Å². The Hall–Kier alpha value is -1.79. The van der Waals surface area contributed by atoms with Crippen LogP contribution in [0.4, 0.5) is 0 Å². The smallest absolute Gasteiger partial charge is 0.148 e. The average Bonchev–Trinajstić information content (AvgIpc) is 2.99. The Balaban J connectivity index is 2.06. The molecule has 1 aliphatic heterocycles. The Bertz CT molecular complexity index is 583. The van der Waals surface area contributed by atoms with E-state index in [4.69, 9.17) is 11.6 Å². The molecule has 0 aliphatic carbocycles. The number of halogens is 1. The van der Waals surface area contributed by atoms with Crippen molar-refractivity contribution in [3.05, 3.63) is 35.1 Å². The van der Waals surface area contributed by atoms with E-state index >= 15 is 0 Å². The molecule has 3 rings (SSSR count). The van der Waals surface area contributed by atoms with Gasteiger partial charge in [0, 0.05) is 17.5 Å². The molecular formula is C11H10ClN5O. The summed E-state index contributed by atoms with van der Waals surface area (Å²) in [7, 11) is 0. The molecule has 2 aromatic rings. The summed E-state index contributed by atoms with van der Waals surface area (Å²) < 4.78 is 1.57. The molecule has 0 amide bonds. The summed E-state index contributed by atoms with van der Waals surface area (Å²) in [5.74, 6) is 0.197. The lowest BCUT2D eigenvalue weighted by Gasteiger charge is -2.14. The number of tetrazole rings is 1. The molecule has 7 heteroatoms. The molecule has 0 spiro atoms. The largest absolute Gasteiger partial charge is 0.303 e. The highest BCUT2D eigenvalue weighted by molar-refractivity contribution is 6.30. The van der Waals surface area contributed by atoms with E-state index < -0.39 is 0 Å². The number of ketones is 1. The Morgan fingerprint density at radius 2 is 2.33 bits per heavy atom. The number of carbonyl (C=O) groups is 1. The van der Waals surface area contributed by atoms with Gasteiger partial charge in [-0.25, -0.2) is 4.68 Å². The van der Waals surface area contributed by atoms with Gasteiger partial charge in [-0.3, -0.25) is 4.79 Å². The highest BCUT2D eigenvalue weighted by Gasteiger charge is 2.25. The Morgan fingerprint density at radius 3 is 3.00 bits per heavy atom. The van der Waals surface area contributed by atoms with Gasteiger partial charge in [-0.15, -0.1) is 5.10 Å². The van der Waals surface area contributed by atoms with E-state index in [1.54, 1.807) is 10.7 Å². The molecule has 1 aromatic heterocycles. The van der Waals surface area contributed by atoms with Crippen LogP contribution in [0.5, 0.6) is 0 Å². The molecule has 2 heterocycles. The van der Waals surface area contributed by atoms with Gasteiger partial charge in [0.05, 0.1) is 12.2 Å². The fraction of sp³-hybridized carbons (Fsp3) is 0.273. The summed E-state index contributed by atoms with van der Waals surface area (Å²) in [6.07, 6.45) is 1.99. The number of rotatable bonds is 2. The summed E-state index contributed by atoms with van der Waals surface area (Å²) in [4.78, 5) is 11.4. The molecule has 1 unspecified atom stereocenters. The minimum Gasteiger partial charge on any atom is -0.303 e. The van der Waals surface area contributed by atoms with E-state index in [1.807, 2.05) is 12.1 Å². The van der Waals surface area contributed by atoms with Crippen LogP contribution in [0, 0.1) is 0 Å². The molecule has 1 fully saturated rings. The van der Waals surface area contributed by atoms with Gasteiger partial charge in [0.25, 0.3) is 0 Å². The average molecular weight is 264 g/mol. The number of nitrogens with zero attached hydrogens (tertiary/aromatic N) is 4. The maximum atomic E-state index is 11.4. The second-order valence-corrected chi connectivity index (χ2v) is 4.57. The first kappa shape index (κ1) is 11.3. The Morgan fingerprint density at radius 1 is 1.44 bits per heavy atom. The monoisotopic (exact) mass is 263 g/mol. The number of nitrogens with one attached hydrogen (secondary N) is 1. The zero-order chi connectivity index (χ0) is 12.5. The van der Waals surface area contributed by atoms with Gasteiger partial charge >= 0.3 is 0 Å². The molecule has 92 valence electrons. The maximum absolute atomic E-state index is 11.4. The first-order valence-electron chi connectivity index (χ1n) is 5.52. The van der Waals surface area contributed by atoms with E-state index in [0.717, 1.165) is 11.3 Å². The fourth-order valence-electron chi connectivity index (χ4n) is 2.11. The van der Waals surface area contributed by atoms with Crippen molar-refractivity contribution in [3.63, 3.8) is 0 Å². The first-order valence-corrected chi connectivity index (χ1v) is 5.90. The van der Waals surface area contributed by atoms with E-state index in [2.05, 4.69) is 20.8 Å². The molecule has 0 saturated carbocycles. The number of hydrogen-bond donors (Lipinski definition) is 1. The molecular weight excluding hydrogens is 254 g/mol. The third-order valence-corrected chi connectivity index (χ3v) is 3.17. The standard InChI is InChI=1S/C11H10ClN5O/c12-7-1-2-11(17-6-14-15-16-17)9(3-7)10-4-8(18)5-13-10/h1-3,6,10,13H,4-5H2. The van der Waals surface area contributed by atoms with Gasteiger partial charge in [-0.05, 0) is 34.2 Å². The molecule has 1 atom stereocenters. The van der Waals surface area contributed by atoms with Crippen LogP contribution < -0.4 is 5.32 Å². The second-order valence-electron chi connectivity index (χ2n) is 4.13. The Labute approximate surface area is 108 Å². The minimum absolute atomic E-state index is 0.0320. The van der Waals surface area contributed by atoms with E-state index in [1.165, 1.54) is 6.33 Å². The lowest BCUT2D eigenvalue weighted by molar-refractivity contribution is -0.116. The highest BCUT2D eigenvalue weighted by atomic mass is 35.5. The van der Waals surface area contributed by atoms with Crippen LogP contribution in [-0.4, -0.2) is 32.5 Å². The van der Waals surface area contributed by atoms with Crippen molar-refractivity contribution in [2.45, 2.75) is 12.5 Å². The second kappa shape index (κ2) is 4.47. The third kappa shape index (κ3) is 2.00. The number of benzene rings is 1. The third-order valence-electron chi connectivity index (χ3n) is 2.94. The van der Waals surface area contributed by atoms with Crippen molar-refractivity contribution in [1.82, 2.24) is 25.5 Å². The van der Waals surface area contributed by atoms with Crippen molar-refractivity contribution in [1.29, 1.82) is 0 Å². The topological polar surface area (TPSA) is 72.7 Å². The van der Waals surface area contributed by atoms with E-state index in [-0.39, 0.29) is 11.8 Å². The van der Waals surface area contributed by atoms with Gasteiger partial charge in [-0.2, -0.15) is 0 Å². The van der Waals surface area contributed by atoms with Crippen LogP contribution >= 0.6 is 11.6 Å². The summed E-state index contributed by atoms with van der Waals surface area (Å²) >= 11 is 6.02. The van der Waals surface area contributed by atoms with Gasteiger partial charge in [0.2, 0.25) is 0 Å². The highest BCUT2D eigenvalue weighted by Crippen LogP contribution is 2.29. The number of Topliss-reactive ketones (excluding diaryl/α,β-unsaturated/α-hetero) is 1. The molecule has 1 saturated heterocycles. The van der Waals surface area contributed by atoms with Crippen LogP contribution in [0.2, 0.25) is 5.02 Å². The van der Waals surface area contributed by atoms with Gasteiger partial charge in [-0.1, -0.05) is 11.6 Å². The molecule has 18 heavy (non-hydrogen) atoms. The van der Waals surface area contributed by atoms with Crippen LogP contribution in [-0.2, 0) is 4.79 Å². The lowest BCUT2D eigenvalue weighted by atomic mass is 10.0. The quantitative estimate of drug-likeness (QED) is 0.872. The summed E-state index contributed by atoms with van der Waals surface area (Å²) in [5.41, 5.74) is 1.76. The normalized spacial score (nSPS) is 19.4. The molecule has 0 radical (unpaired) electrons. The van der Waals surface area contributed by atoms with Crippen molar-refractivity contribution < 1.29 is 4.79 Å². The van der Waals surface area contributed by atoms with Crippen LogP contribution in [0.1, 0.15) is 18.0 Å². The summed E-state index contributed by atoms with van der Waals surface area (Å²) in [6.45, 7) is 0.395. The summed E-state index contributed by atoms with van der Waals surface area (Å²) in [5, 5.41) is 14.9. The zero-order valence-corrected chi connectivity index (χ0v) is 10.1. The molecule has 1 aliphatic rings. The maximum Gasteiger partial charge on any atom is 0.148 e. The fourth-order valence-corrected chi connectivity index (χ4v) is 2.29. The predicted octanol–water partition coefficient (Wildman–Crippen LogP) is 0.919. The number of hydrogen-bond acceptors (Lipinski definition) is 5. The summed E-state index contributed by atoms with van der Waals surface area (Å²) in [6, 6.07) is 5.43. The van der Waals surface area contributed by atoms with E-state index in [9.17, 15) is 4.79 Å². The minimum atomic E-state index is -0.0320. The molecule has 0 bridgehead atoms. The first-order chi connectivity index (χ1) is 8.74. The van der Waals surface area contributed by atoms with Gasteiger partial charge in [0.1, 0.15) is 12.1 Å².